The first-order valence-electron chi connectivity index (χ1n) is 6.23. The number of benzene rings is 1. The van der Waals surface area contributed by atoms with Crippen molar-refractivity contribution in [2.24, 2.45) is 0 Å². The standard InChI is InChI=1S/C14H16F2N2O2/c1-9-12(10(2)20-18-9)8-17-7-11-5-3-4-6-13(11)19-14(15)16/h3-6,14,17H,7-8H2,1-2H3. The molecule has 0 aliphatic carbocycles. The van der Waals surface area contributed by atoms with Crippen molar-refractivity contribution in [3.05, 3.63) is 46.8 Å². The van der Waals surface area contributed by atoms with Gasteiger partial charge in [0, 0.05) is 24.2 Å². The third-order valence-corrected chi connectivity index (χ3v) is 2.99. The third kappa shape index (κ3) is 3.54. The zero-order chi connectivity index (χ0) is 14.5. The van der Waals surface area contributed by atoms with E-state index in [4.69, 9.17) is 4.52 Å². The minimum Gasteiger partial charge on any atom is -0.434 e. The van der Waals surface area contributed by atoms with Gasteiger partial charge in [-0.05, 0) is 19.9 Å². The summed E-state index contributed by atoms with van der Waals surface area (Å²) in [5.74, 6) is 0.945. The first kappa shape index (κ1) is 14.5. The Morgan fingerprint density at radius 2 is 2.00 bits per heavy atom. The average Bonchev–Trinajstić information content (AvgIpc) is 2.71. The van der Waals surface area contributed by atoms with Crippen molar-refractivity contribution in [3.8, 4) is 5.75 Å². The number of rotatable bonds is 6. The van der Waals surface area contributed by atoms with Crippen molar-refractivity contribution in [1.29, 1.82) is 0 Å². The van der Waals surface area contributed by atoms with E-state index in [2.05, 4.69) is 15.2 Å². The molecule has 6 heteroatoms. The Balaban J connectivity index is 1.97. The van der Waals surface area contributed by atoms with E-state index in [1.165, 1.54) is 6.07 Å². The predicted molar refractivity (Wildman–Crippen MR) is 69.6 cm³/mol. The summed E-state index contributed by atoms with van der Waals surface area (Å²) in [7, 11) is 0. The molecule has 0 fully saturated rings. The van der Waals surface area contributed by atoms with Crippen LogP contribution in [-0.2, 0) is 13.1 Å². The van der Waals surface area contributed by atoms with E-state index in [-0.39, 0.29) is 5.75 Å². The molecular weight excluding hydrogens is 266 g/mol. The summed E-state index contributed by atoms with van der Waals surface area (Å²) in [6, 6.07) is 6.72. The molecule has 20 heavy (non-hydrogen) atoms. The number of aromatic nitrogens is 1. The molecular formula is C14H16F2N2O2. The molecule has 0 atom stereocenters. The second kappa shape index (κ2) is 6.47. The monoisotopic (exact) mass is 282 g/mol. The fourth-order valence-corrected chi connectivity index (χ4v) is 1.94. The van der Waals surface area contributed by atoms with Crippen molar-refractivity contribution in [1.82, 2.24) is 10.5 Å². The SMILES string of the molecule is Cc1noc(C)c1CNCc1ccccc1OC(F)F. The molecule has 1 aromatic carbocycles. The summed E-state index contributed by atoms with van der Waals surface area (Å²) in [4.78, 5) is 0. The minimum absolute atomic E-state index is 0.189. The zero-order valence-electron chi connectivity index (χ0n) is 11.3. The molecule has 0 aliphatic heterocycles. The van der Waals surface area contributed by atoms with Crippen LogP contribution in [0, 0.1) is 13.8 Å². The maximum atomic E-state index is 12.3. The van der Waals surface area contributed by atoms with Crippen LogP contribution in [0.4, 0.5) is 8.78 Å². The number of aryl methyl sites for hydroxylation is 2. The number of para-hydroxylation sites is 1. The fraction of sp³-hybridized carbons (Fsp3) is 0.357. The maximum Gasteiger partial charge on any atom is 0.387 e. The molecule has 0 unspecified atom stereocenters. The Labute approximate surface area is 115 Å². The molecule has 0 spiro atoms. The third-order valence-electron chi connectivity index (χ3n) is 2.99. The molecule has 2 rings (SSSR count). The van der Waals surface area contributed by atoms with E-state index >= 15 is 0 Å². The smallest absolute Gasteiger partial charge is 0.387 e. The lowest BCUT2D eigenvalue weighted by atomic mass is 10.1. The lowest BCUT2D eigenvalue weighted by Crippen LogP contribution is -2.15. The molecule has 108 valence electrons. The highest BCUT2D eigenvalue weighted by Crippen LogP contribution is 2.20. The van der Waals surface area contributed by atoms with Gasteiger partial charge in [-0.3, -0.25) is 0 Å². The topological polar surface area (TPSA) is 47.3 Å². The van der Waals surface area contributed by atoms with E-state index in [9.17, 15) is 8.78 Å². The Morgan fingerprint density at radius 1 is 1.25 bits per heavy atom. The van der Waals surface area contributed by atoms with Gasteiger partial charge in [-0.25, -0.2) is 0 Å². The van der Waals surface area contributed by atoms with Crippen molar-refractivity contribution in [3.63, 3.8) is 0 Å². The molecule has 4 nitrogen and oxygen atoms in total. The Morgan fingerprint density at radius 3 is 2.65 bits per heavy atom. The lowest BCUT2D eigenvalue weighted by Gasteiger charge is -2.11. The quantitative estimate of drug-likeness (QED) is 0.884. The van der Waals surface area contributed by atoms with Crippen LogP contribution >= 0.6 is 0 Å². The van der Waals surface area contributed by atoms with E-state index in [1.54, 1.807) is 18.2 Å². The average molecular weight is 282 g/mol. The number of ether oxygens (including phenoxy) is 1. The highest BCUT2D eigenvalue weighted by atomic mass is 19.3. The van der Waals surface area contributed by atoms with Crippen molar-refractivity contribution >= 4 is 0 Å². The number of halogens is 2. The summed E-state index contributed by atoms with van der Waals surface area (Å²) in [5, 5.41) is 7.03. The summed E-state index contributed by atoms with van der Waals surface area (Å²) in [5.41, 5.74) is 2.49. The van der Waals surface area contributed by atoms with Crippen LogP contribution in [0.15, 0.2) is 28.8 Å². The molecule has 1 aromatic heterocycles. The fourth-order valence-electron chi connectivity index (χ4n) is 1.94. The molecule has 0 saturated heterocycles. The number of hydrogen-bond donors (Lipinski definition) is 1. The maximum absolute atomic E-state index is 12.3. The lowest BCUT2D eigenvalue weighted by molar-refractivity contribution is -0.0505. The van der Waals surface area contributed by atoms with Gasteiger partial charge in [0.05, 0.1) is 5.69 Å². The first-order valence-corrected chi connectivity index (χ1v) is 6.23. The molecule has 0 aliphatic rings. The van der Waals surface area contributed by atoms with E-state index in [0.29, 0.717) is 18.7 Å². The summed E-state index contributed by atoms with van der Waals surface area (Å²) >= 11 is 0. The van der Waals surface area contributed by atoms with Crippen molar-refractivity contribution in [2.45, 2.75) is 33.5 Å². The van der Waals surface area contributed by atoms with Crippen LogP contribution in [0.2, 0.25) is 0 Å². The normalized spacial score (nSPS) is 11.1. The van der Waals surface area contributed by atoms with Crippen LogP contribution in [0.1, 0.15) is 22.6 Å². The second-order valence-corrected chi connectivity index (χ2v) is 4.39. The first-order chi connectivity index (χ1) is 9.58. The zero-order valence-corrected chi connectivity index (χ0v) is 11.3. The largest absolute Gasteiger partial charge is 0.434 e. The van der Waals surface area contributed by atoms with Gasteiger partial charge in [-0.15, -0.1) is 0 Å². The van der Waals surface area contributed by atoms with Crippen LogP contribution in [-0.4, -0.2) is 11.8 Å². The summed E-state index contributed by atoms with van der Waals surface area (Å²) in [6.07, 6.45) is 0. The molecule has 0 radical (unpaired) electrons. The molecule has 0 amide bonds. The van der Waals surface area contributed by atoms with Crippen LogP contribution in [0.25, 0.3) is 0 Å². The van der Waals surface area contributed by atoms with Crippen LogP contribution < -0.4 is 10.1 Å². The highest BCUT2D eigenvalue weighted by molar-refractivity contribution is 5.33. The predicted octanol–water partition coefficient (Wildman–Crippen LogP) is 3.18. The van der Waals surface area contributed by atoms with Gasteiger partial charge >= 0.3 is 6.61 Å². The molecule has 1 heterocycles. The Bertz CT molecular complexity index is 551. The van der Waals surface area contributed by atoms with Crippen molar-refractivity contribution in [2.75, 3.05) is 0 Å². The number of nitrogens with one attached hydrogen (secondary N) is 1. The van der Waals surface area contributed by atoms with Gasteiger partial charge in [-0.2, -0.15) is 8.78 Å². The molecule has 0 saturated carbocycles. The van der Waals surface area contributed by atoms with Gasteiger partial charge in [0.1, 0.15) is 11.5 Å². The Kier molecular flexibility index (Phi) is 4.68. The van der Waals surface area contributed by atoms with Crippen LogP contribution in [0.5, 0.6) is 5.75 Å². The Hall–Kier alpha value is -1.95. The summed E-state index contributed by atoms with van der Waals surface area (Å²) in [6.45, 7) is 1.86. The van der Waals surface area contributed by atoms with E-state index < -0.39 is 6.61 Å². The minimum atomic E-state index is -2.82. The van der Waals surface area contributed by atoms with Gasteiger partial charge < -0.3 is 14.6 Å². The summed E-state index contributed by atoms with van der Waals surface area (Å²) < 4.78 is 34.1. The van der Waals surface area contributed by atoms with Gasteiger partial charge in [-0.1, -0.05) is 23.4 Å². The number of nitrogens with zero attached hydrogens (tertiary/aromatic N) is 1. The molecule has 2 aromatic rings. The van der Waals surface area contributed by atoms with E-state index in [1.807, 2.05) is 13.8 Å². The number of alkyl halides is 2. The van der Waals surface area contributed by atoms with Crippen molar-refractivity contribution < 1.29 is 18.0 Å². The van der Waals surface area contributed by atoms with Gasteiger partial charge in [0.2, 0.25) is 0 Å². The van der Waals surface area contributed by atoms with Gasteiger partial charge in [0.25, 0.3) is 0 Å². The molecule has 1 N–H and O–H groups in total. The highest BCUT2D eigenvalue weighted by Gasteiger charge is 2.11. The van der Waals surface area contributed by atoms with Gasteiger partial charge in [0.15, 0.2) is 0 Å². The number of hydrogen-bond acceptors (Lipinski definition) is 4. The molecule has 0 bridgehead atoms. The second-order valence-electron chi connectivity index (χ2n) is 4.39. The van der Waals surface area contributed by atoms with E-state index in [0.717, 1.165) is 17.0 Å². The van der Waals surface area contributed by atoms with Crippen LogP contribution in [0.3, 0.4) is 0 Å².